The normalized spacial score (nSPS) is 11.7. The van der Waals surface area contributed by atoms with E-state index in [-0.39, 0.29) is 4.90 Å². The molecule has 0 radical (unpaired) electrons. The first-order valence-electron chi connectivity index (χ1n) is 6.42. The van der Waals surface area contributed by atoms with Crippen LogP contribution >= 0.6 is 0 Å². The Kier molecular flexibility index (Phi) is 3.14. The second-order valence-electron chi connectivity index (χ2n) is 4.77. The summed E-state index contributed by atoms with van der Waals surface area (Å²) in [4.78, 5) is 11.3. The molecule has 5 heteroatoms. The van der Waals surface area contributed by atoms with Crippen molar-refractivity contribution < 1.29 is 13.2 Å². The lowest BCUT2D eigenvalue weighted by atomic mass is 10.1. The Labute approximate surface area is 122 Å². The third-order valence-electron chi connectivity index (χ3n) is 3.42. The Morgan fingerprint density at radius 3 is 2.38 bits per heavy atom. The summed E-state index contributed by atoms with van der Waals surface area (Å²) >= 11 is 0. The number of aromatic nitrogens is 1. The number of aldehydes is 1. The highest BCUT2D eigenvalue weighted by Gasteiger charge is 2.21. The van der Waals surface area contributed by atoms with Gasteiger partial charge in [0.2, 0.25) is 0 Å². The van der Waals surface area contributed by atoms with Crippen LogP contribution in [-0.2, 0) is 10.0 Å². The highest BCUT2D eigenvalue weighted by atomic mass is 32.2. The lowest BCUT2D eigenvalue weighted by molar-refractivity contribution is 0.112. The molecule has 0 fully saturated rings. The highest BCUT2D eigenvalue weighted by molar-refractivity contribution is 7.90. The van der Waals surface area contributed by atoms with Crippen molar-refractivity contribution in [3.05, 3.63) is 65.9 Å². The Balaban J connectivity index is 2.36. The first kappa shape index (κ1) is 13.6. The number of carbonyl (C=O) groups excluding carboxylic acids is 1. The van der Waals surface area contributed by atoms with Gasteiger partial charge in [-0.2, -0.15) is 0 Å². The van der Waals surface area contributed by atoms with Crippen LogP contribution in [0, 0.1) is 6.92 Å². The summed E-state index contributed by atoms with van der Waals surface area (Å²) < 4.78 is 26.9. The van der Waals surface area contributed by atoms with Gasteiger partial charge in [0.25, 0.3) is 10.0 Å². The molecule has 1 heterocycles. The standard InChI is InChI=1S/C16H13NO3S/c1-12-10-15-13(11-18)6-5-9-16(15)17(12)21(19,20)14-7-3-2-4-8-14/h2-11H,1H3. The van der Waals surface area contributed by atoms with Gasteiger partial charge in [-0.05, 0) is 31.2 Å². The van der Waals surface area contributed by atoms with Gasteiger partial charge in [-0.1, -0.05) is 30.3 Å². The van der Waals surface area contributed by atoms with Gasteiger partial charge < -0.3 is 0 Å². The van der Waals surface area contributed by atoms with E-state index in [4.69, 9.17) is 0 Å². The third kappa shape index (κ3) is 2.06. The monoisotopic (exact) mass is 299 g/mol. The number of carbonyl (C=O) groups is 1. The van der Waals surface area contributed by atoms with E-state index >= 15 is 0 Å². The van der Waals surface area contributed by atoms with Crippen molar-refractivity contribution in [1.82, 2.24) is 3.97 Å². The van der Waals surface area contributed by atoms with Gasteiger partial charge in [0.15, 0.2) is 6.29 Å². The molecule has 0 atom stereocenters. The molecule has 4 nitrogen and oxygen atoms in total. The number of benzene rings is 2. The Bertz CT molecular complexity index is 925. The summed E-state index contributed by atoms with van der Waals surface area (Å²) in [5, 5.41) is 0.643. The molecule has 0 amide bonds. The van der Waals surface area contributed by atoms with E-state index in [1.165, 1.54) is 3.97 Å². The van der Waals surface area contributed by atoms with Crippen LogP contribution in [0.2, 0.25) is 0 Å². The first-order chi connectivity index (χ1) is 10.1. The largest absolute Gasteiger partial charge is 0.298 e. The molecule has 3 aromatic rings. The second kappa shape index (κ2) is 4.86. The first-order valence-corrected chi connectivity index (χ1v) is 7.86. The molecule has 2 aromatic carbocycles. The molecule has 0 aliphatic rings. The molecule has 0 aliphatic carbocycles. The highest BCUT2D eigenvalue weighted by Crippen LogP contribution is 2.27. The van der Waals surface area contributed by atoms with Crippen LogP contribution in [0.5, 0.6) is 0 Å². The molecule has 0 bridgehead atoms. The van der Waals surface area contributed by atoms with Gasteiger partial charge in [0.1, 0.15) is 0 Å². The number of nitrogens with zero attached hydrogens (tertiary/aromatic N) is 1. The van der Waals surface area contributed by atoms with Gasteiger partial charge in [-0.15, -0.1) is 0 Å². The predicted molar refractivity (Wildman–Crippen MR) is 81.1 cm³/mol. The van der Waals surface area contributed by atoms with Crippen molar-refractivity contribution in [1.29, 1.82) is 0 Å². The van der Waals surface area contributed by atoms with Crippen LogP contribution < -0.4 is 0 Å². The number of hydrogen-bond acceptors (Lipinski definition) is 3. The summed E-state index contributed by atoms with van der Waals surface area (Å²) in [5.41, 5.74) is 1.57. The molecule has 0 N–H and O–H groups in total. The van der Waals surface area contributed by atoms with E-state index in [2.05, 4.69) is 0 Å². The maximum atomic E-state index is 12.8. The van der Waals surface area contributed by atoms with Gasteiger partial charge in [0, 0.05) is 16.6 Å². The minimum absolute atomic E-state index is 0.224. The Morgan fingerprint density at radius 2 is 1.71 bits per heavy atom. The van der Waals surface area contributed by atoms with Crippen molar-refractivity contribution in [2.45, 2.75) is 11.8 Å². The van der Waals surface area contributed by atoms with Crippen molar-refractivity contribution in [2.24, 2.45) is 0 Å². The van der Waals surface area contributed by atoms with Crippen LogP contribution in [0.1, 0.15) is 16.1 Å². The summed E-state index contributed by atoms with van der Waals surface area (Å²) in [7, 11) is -3.68. The van der Waals surface area contributed by atoms with E-state index in [1.807, 2.05) is 0 Å². The van der Waals surface area contributed by atoms with E-state index in [9.17, 15) is 13.2 Å². The van der Waals surface area contributed by atoms with E-state index < -0.39 is 10.0 Å². The van der Waals surface area contributed by atoms with Gasteiger partial charge in [0.05, 0.1) is 10.4 Å². The fourth-order valence-corrected chi connectivity index (χ4v) is 4.04. The van der Waals surface area contributed by atoms with Crippen molar-refractivity contribution in [3.8, 4) is 0 Å². The Morgan fingerprint density at radius 1 is 1.00 bits per heavy atom. The van der Waals surface area contributed by atoms with Crippen LogP contribution in [0.15, 0.2) is 59.5 Å². The zero-order valence-corrected chi connectivity index (χ0v) is 12.2. The Hall–Kier alpha value is -2.40. The zero-order valence-electron chi connectivity index (χ0n) is 11.4. The molecule has 0 saturated heterocycles. The average Bonchev–Trinajstić information content (AvgIpc) is 2.84. The maximum Gasteiger partial charge on any atom is 0.268 e. The topological polar surface area (TPSA) is 56.1 Å². The van der Waals surface area contributed by atoms with Crippen molar-refractivity contribution in [3.63, 3.8) is 0 Å². The van der Waals surface area contributed by atoms with Crippen LogP contribution in [0.4, 0.5) is 0 Å². The molecule has 21 heavy (non-hydrogen) atoms. The van der Waals surface area contributed by atoms with Gasteiger partial charge in [-0.3, -0.25) is 4.79 Å². The molecular weight excluding hydrogens is 286 g/mol. The average molecular weight is 299 g/mol. The summed E-state index contributed by atoms with van der Waals surface area (Å²) in [5.74, 6) is 0. The minimum atomic E-state index is -3.68. The van der Waals surface area contributed by atoms with Crippen LogP contribution in [-0.4, -0.2) is 18.7 Å². The number of aryl methyl sites for hydroxylation is 1. The SMILES string of the molecule is Cc1cc2c(C=O)cccc2n1S(=O)(=O)c1ccccc1. The number of rotatable bonds is 3. The van der Waals surface area contributed by atoms with Gasteiger partial charge in [-0.25, -0.2) is 12.4 Å². The second-order valence-corrected chi connectivity index (χ2v) is 6.55. The molecule has 1 aromatic heterocycles. The minimum Gasteiger partial charge on any atom is -0.298 e. The molecule has 106 valence electrons. The molecular formula is C16H13NO3S. The van der Waals surface area contributed by atoms with Crippen molar-refractivity contribution >= 4 is 27.2 Å². The van der Waals surface area contributed by atoms with Crippen molar-refractivity contribution in [2.75, 3.05) is 0 Å². The quantitative estimate of drug-likeness (QED) is 0.699. The summed E-state index contributed by atoms with van der Waals surface area (Å²) in [6.07, 6.45) is 0.737. The molecule has 0 saturated carbocycles. The summed E-state index contributed by atoms with van der Waals surface area (Å²) in [6, 6.07) is 15.0. The third-order valence-corrected chi connectivity index (χ3v) is 5.25. The van der Waals surface area contributed by atoms with E-state index in [0.717, 1.165) is 6.29 Å². The fourth-order valence-electron chi connectivity index (χ4n) is 2.48. The molecule has 0 spiro atoms. The zero-order chi connectivity index (χ0) is 15.0. The predicted octanol–water partition coefficient (Wildman–Crippen LogP) is 3.00. The molecule has 0 unspecified atom stereocenters. The maximum absolute atomic E-state index is 12.8. The van der Waals surface area contributed by atoms with E-state index in [1.54, 1.807) is 61.5 Å². The van der Waals surface area contributed by atoms with E-state index in [0.29, 0.717) is 22.2 Å². The lowest BCUT2D eigenvalue weighted by Crippen LogP contribution is -2.14. The molecule has 3 rings (SSSR count). The lowest BCUT2D eigenvalue weighted by Gasteiger charge is -2.10. The summed E-state index contributed by atoms with van der Waals surface area (Å²) in [6.45, 7) is 1.72. The molecule has 0 aliphatic heterocycles. The number of fused-ring (bicyclic) bond motifs is 1. The number of hydrogen-bond donors (Lipinski definition) is 0. The van der Waals surface area contributed by atoms with Crippen LogP contribution in [0.25, 0.3) is 10.9 Å². The smallest absolute Gasteiger partial charge is 0.268 e. The van der Waals surface area contributed by atoms with Crippen LogP contribution in [0.3, 0.4) is 0 Å². The van der Waals surface area contributed by atoms with Gasteiger partial charge >= 0.3 is 0 Å². The fraction of sp³-hybridized carbons (Fsp3) is 0.0625.